The maximum Gasteiger partial charge on any atom is 0.247 e. The van der Waals surface area contributed by atoms with Crippen LogP contribution in [0.2, 0.25) is 0 Å². The molecule has 2 atom stereocenters. The van der Waals surface area contributed by atoms with Crippen molar-refractivity contribution in [3.63, 3.8) is 0 Å². The van der Waals surface area contributed by atoms with Crippen LogP contribution in [0.3, 0.4) is 0 Å². The molecule has 5 heteroatoms. The van der Waals surface area contributed by atoms with E-state index >= 15 is 0 Å². The van der Waals surface area contributed by atoms with Gasteiger partial charge in [0.05, 0.1) is 12.5 Å². The molecule has 5 nitrogen and oxygen atoms in total. The van der Waals surface area contributed by atoms with Crippen LogP contribution in [-0.2, 0) is 20.7 Å². The second kappa shape index (κ2) is 6.71. The highest BCUT2D eigenvalue weighted by Crippen LogP contribution is 2.32. The van der Waals surface area contributed by atoms with Gasteiger partial charge in [-0.15, -0.1) is 0 Å². The van der Waals surface area contributed by atoms with Gasteiger partial charge in [0.25, 0.3) is 0 Å². The molecule has 0 aliphatic carbocycles. The number of hydrogen-bond acceptors (Lipinski definition) is 3. The van der Waals surface area contributed by atoms with Gasteiger partial charge >= 0.3 is 0 Å². The molecular weight excluding hydrogens is 292 g/mol. The lowest BCUT2D eigenvalue weighted by Crippen LogP contribution is -2.51. The Labute approximate surface area is 137 Å². The van der Waals surface area contributed by atoms with Crippen LogP contribution in [0.25, 0.3) is 0 Å². The van der Waals surface area contributed by atoms with Gasteiger partial charge in [-0.3, -0.25) is 9.59 Å². The molecule has 0 radical (unpaired) electrons. The highest BCUT2D eigenvalue weighted by molar-refractivity contribution is 5.92. The van der Waals surface area contributed by atoms with E-state index in [1.165, 1.54) is 0 Å². The van der Waals surface area contributed by atoms with Gasteiger partial charge in [-0.05, 0) is 37.8 Å². The van der Waals surface area contributed by atoms with Crippen LogP contribution in [0.1, 0.15) is 43.9 Å². The number of carbonyl (C=O) groups is 2. The standard InChI is InChI=1S/C18H24N2O3/c1-12(2)20-16(21)10-13-6-3-4-8-15(13)17(20)18(22)19-11-14-7-5-9-23-14/h3-4,6,8,12,14,17H,5,7,9-11H2,1-2H3,(H,19,22)/t14-,17+/m1/s1. The normalized spacial score (nSPS) is 24.0. The molecule has 0 aromatic heterocycles. The summed E-state index contributed by atoms with van der Waals surface area (Å²) in [5, 5.41) is 2.98. The SMILES string of the molecule is CC(C)N1C(=O)Cc2ccccc2[C@H]1C(=O)NC[C@H]1CCCO1. The van der Waals surface area contributed by atoms with Crippen molar-refractivity contribution < 1.29 is 14.3 Å². The molecule has 1 N–H and O–H groups in total. The van der Waals surface area contributed by atoms with E-state index in [2.05, 4.69) is 5.32 Å². The van der Waals surface area contributed by atoms with Crippen molar-refractivity contribution in [1.82, 2.24) is 10.2 Å². The smallest absolute Gasteiger partial charge is 0.247 e. The van der Waals surface area contributed by atoms with Crippen molar-refractivity contribution >= 4 is 11.8 Å². The molecule has 0 saturated carbocycles. The number of nitrogens with zero attached hydrogens (tertiary/aromatic N) is 1. The van der Waals surface area contributed by atoms with Gasteiger partial charge in [0.2, 0.25) is 11.8 Å². The molecule has 23 heavy (non-hydrogen) atoms. The average molecular weight is 316 g/mol. The molecular formula is C18H24N2O3. The molecule has 2 aliphatic heterocycles. The van der Waals surface area contributed by atoms with Crippen LogP contribution >= 0.6 is 0 Å². The zero-order valence-electron chi connectivity index (χ0n) is 13.7. The summed E-state index contributed by atoms with van der Waals surface area (Å²) in [6.45, 7) is 5.18. The molecule has 1 saturated heterocycles. The molecule has 2 heterocycles. The molecule has 0 unspecified atom stereocenters. The predicted molar refractivity (Wildman–Crippen MR) is 86.9 cm³/mol. The average Bonchev–Trinajstić information content (AvgIpc) is 3.04. The first kappa shape index (κ1) is 16.0. The fourth-order valence-electron chi connectivity index (χ4n) is 3.48. The predicted octanol–water partition coefficient (Wildman–Crippen LogP) is 1.82. The maximum absolute atomic E-state index is 12.8. The minimum absolute atomic E-state index is 0.0102. The molecule has 2 aliphatic rings. The third-order valence-corrected chi connectivity index (χ3v) is 4.59. The Morgan fingerprint density at radius 1 is 1.39 bits per heavy atom. The third-order valence-electron chi connectivity index (χ3n) is 4.59. The first-order valence-electron chi connectivity index (χ1n) is 8.36. The monoisotopic (exact) mass is 316 g/mol. The first-order valence-corrected chi connectivity index (χ1v) is 8.36. The van der Waals surface area contributed by atoms with Crippen molar-refractivity contribution in [3.8, 4) is 0 Å². The van der Waals surface area contributed by atoms with Gasteiger partial charge in [-0.1, -0.05) is 24.3 Å². The number of rotatable bonds is 4. The minimum atomic E-state index is -0.547. The van der Waals surface area contributed by atoms with Crippen LogP contribution in [0.15, 0.2) is 24.3 Å². The number of ether oxygens (including phenoxy) is 1. The lowest BCUT2D eigenvalue weighted by molar-refractivity contribution is -0.143. The van der Waals surface area contributed by atoms with Gasteiger partial charge in [0.15, 0.2) is 0 Å². The Bertz CT molecular complexity index is 594. The van der Waals surface area contributed by atoms with Gasteiger partial charge < -0.3 is 15.0 Å². The van der Waals surface area contributed by atoms with Crippen LogP contribution < -0.4 is 5.32 Å². The zero-order valence-corrected chi connectivity index (χ0v) is 13.7. The summed E-state index contributed by atoms with van der Waals surface area (Å²) in [5.74, 6) is -0.106. The maximum atomic E-state index is 12.8. The fourth-order valence-corrected chi connectivity index (χ4v) is 3.48. The van der Waals surface area contributed by atoms with Crippen LogP contribution in [-0.4, -0.2) is 42.0 Å². The highest BCUT2D eigenvalue weighted by atomic mass is 16.5. The first-order chi connectivity index (χ1) is 11.1. The summed E-state index contributed by atoms with van der Waals surface area (Å²) in [4.78, 5) is 27.0. The van der Waals surface area contributed by atoms with E-state index < -0.39 is 6.04 Å². The summed E-state index contributed by atoms with van der Waals surface area (Å²) in [7, 11) is 0. The Morgan fingerprint density at radius 3 is 2.87 bits per heavy atom. The summed E-state index contributed by atoms with van der Waals surface area (Å²) < 4.78 is 5.56. The van der Waals surface area contributed by atoms with Crippen LogP contribution in [0.4, 0.5) is 0 Å². The second-order valence-corrected chi connectivity index (χ2v) is 6.55. The molecule has 2 amide bonds. The summed E-state index contributed by atoms with van der Waals surface area (Å²) in [6, 6.07) is 7.16. The number of nitrogens with one attached hydrogen (secondary N) is 1. The number of hydrogen-bond donors (Lipinski definition) is 1. The molecule has 124 valence electrons. The Hall–Kier alpha value is -1.88. The third kappa shape index (κ3) is 3.24. The van der Waals surface area contributed by atoms with Crippen LogP contribution in [0.5, 0.6) is 0 Å². The van der Waals surface area contributed by atoms with Crippen molar-refractivity contribution in [3.05, 3.63) is 35.4 Å². The van der Waals surface area contributed by atoms with Crippen LogP contribution in [0, 0.1) is 0 Å². The number of benzene rings is 1. The fraction of sp³-hybridized carbons (Fsp3) is 0.556. The minimum Gasteiger partial charge on any atom is -0.376 e. The lowest BCUT2D eigenvalue weighted by Gasteiger charge is -2.39. The molecule has 0 spiro atoms. The summed E-state index contributed by atoms with van der Waals surface area (Å²) in [5.41, 5.74) is 1.89. The van der Waals surface area contributed by atoms with Gasteiger partial charge in [0, 0.05) is 19.2 Å². The van der Waals surface area contributed by atoms with E-state index in [0.29, 0.717) is 13.0 Å². The lowest BCUT2D eigenvalue weighted by atomic mass is 9.90. The quantitative estimate of drug-likeness (QED) is 0.922. The van der Waals surface area contributed by atoms with E-state index in [-0.39, 0.29) is 24.0 Å². The van der Waals surface area contributed by atoms with Gasteiger partial charge in [0.1, 0.15) is 6.04 Å². The van der Waals surface area contributed by atoms with Crippen molar-refractivity contribution in [2.45, 2.75) is 51.3 Å². The topological polar surface area (TPSA) is 58.6 Å². The molecule has 1 fully saturated rings. The van der Waals surface area contributed by atoms with E-state index in [4.69, 9.17) is 4.74 Å². The van der Waals surface area contributed by atoms with Crippen molar-refractivity contribution in [2.75, 3.05) is 13.2 Å². The zero-order chi connectivity index (χ0) is 16.4. The Balaban J connectivity index is 1.82. The second-order valence-electron chi connectivity index (χ2n) is 6.55. The molecule has 1 aromatic carbocycles. The van der Waals surface area contributed by atoms with Gasteiger partial charge in [-0.2, -0.15) is 0 Å². The number of carbonyl (C=O) groups excluding carboxylic acids is 2. The van der Waals surface area contributed by atoms with Crippen molar-refractivity contribution in [2.24, 2.45) is 0 Å². The number of amides is 2. The van der Waals surface area contributed by atoms with Gasteiger partial charge in [-0.25, -0.2) is 0 Å². The Morgan fingerprint density at radius 2 is 2.17 bits per heavy atom. The molecule has 3 rings (SSSR count). The summed E-state index contributed by atoms with van der Waals surface area (Å²) >= 11 is 0. The number of fused-ring (bicyclic) bond motifs is 1. The Kier molecular flexibility index (Phi) is 4.66. The summed E-state index contributed by atoms with van der Waals surface area (Å²) in [6.07, 6.45) is 2.49. The highest BCUT2D eigenvalue weighted by Gasteiger charge is 2.38. The van der Waals surface area contributed by atoms with E-state index in [0.717, 1.165) is 30.6 Å². The molecule has 1 aromatic rings. The largest absolute Gasteiger partial charge is 0.376 e. The van der Waals surface area contributed by atoms with E-state index in [9.17, 15) is 9.59 Å². The van der Waals surface area contributed by atoms with Crippen molar-refractivity contribution in [1.29, 1.82) is 0 Å². The van der Waals surface area contributed by atoms with E-state index in [1.54, 1.807) is 4.90 Å². The molecule has 0 bridgehead atoms. The van der Waals surface area contributed by atoms with E-state index in [1.807, 2.05) is 38.1 Å².